The van der Waals surface area contributed by atoms with Crippen molar-refractivity contribution in [2.45, 2.75) is 48.9 Å². The molecule has 3 heterocycles. The molecule has 0 spiro atoms. The molecule has 0 radical (unpaired) electrons. The van der Waals surface area contributed by atoms with Crippen LogP contribution in [0.2, 0.25) is 0 Å². The summed E-state index contributed by atoms with van der Waals surface area (Å²) in [6.07, 6.45) is 0. The lowest BCUT2D eigenvalue weighted by Crippen LogP contribution is -2.33. The van der Waals surface area contributed by atoms with E-state index in [4.69, 9.17) is 0 Å². The number of anilines is 2. The van der Waals surface area contributed by atoms with E-state index in [2.05, 4.69) is 38.2 Å². The molecule has 2 aliphatic heterocycles. The summed E-state index contributed by atoms with van der Waals surface area (Å²) >= 11 is 2.27. The lowest BCUT2D eigenvalue weighted by atomic mass is 9.81. The topological polar surface area (TPSA) is 88.5 Å². The average Bonchev–Trinajstić information content (AvgIpc) is 3.39. The van der Waals surface area contributed by atoms with E-state index in [9.17, 15) is 19.2 Å². The van der Waals surface area contributed by atoms with Crippen LogP contribution in [-0.2, 0) is 26.3 Å². The van der Waals surface area contributed by atoms with Crippen LogP contribution in [0.1, 0.15) is 42.7 Å². The zero-order valence-electron chi connectivity index (χ0n) is 22.9. The molecule has 0 aliphatic carbocycles. The molecule has 9 heteroatoms. The monoisotopic (exact) mass is 583 g/mol. The Balaban J connectivity index is 1.43. The van der Waals surface area contributed by atoms with Crippen molar-refractivity contribution in [3.63, 3.8) is 0 Å². The van der Waals surface area contributed by atoms with Gasteiger partial charge in [-0.25, -0.2) is 4.90 Å². The van der Waals surface area contributed by atoms with Gasteiger partial charge in [-0.1, -0.05) is 105 Å². The Hall–Kier alpha value is -3.95. The Morgan fingerprint density at radius 2 is 1.49 bits per heavy atom. The number of imide groups is 1. The van der Waals surface area contributed by atoms with E-state index in [0.29, 0.717) is 21.3 Å². The van der Waals surface area contributed by atoms with E-state index in [0.717, 1.165) is 22.5 Å². The third kappa shape index (κ3) is 4.93. The molecule has 3 amide bonds. The largest absolute Gasteiger partial charge is 0.325 e. The van der Waals surface area contributed by atoms with Crippen molar-refractivity contribution in [2.24, 2.45) is 5.92 Å². The van der Waals surface area contributed by atoms with Crippen molar-refractivity contribution in [3.05, 3.63) is 111 Å². The first-order valence-corrected chi connectivity index (χ1v) is 15.1. The van der Waals surface area contributed by atoms with E-state index < -0.39 is 17.1 Å². The van der Waals surface area contributed by atoms with Crippen molar-refractivity contribution < 1.29 is 14.4 Å². The lowest BCUT2D eigenvalue weighted by Gasteiger charge is -2.31. The zero-order valence-corrected chi connectivity index (χ0v) is 24.5. The van der Waals surface area contributed by atoms with Gasteiger partial charge in [-0.15, -0.1) is 0 Å². The fraction of sp³-hybridized carbons (Fsp3) is 0.250. The molecule has 1 fully saturated rings. The van der Waals surface area contributed by atoms with Crippen LogP contribution in [-0.4, -0.2) is 27.5 Å². The van der Waals surface area contributed by atoms with Crippen molar-refractivity contribution in [1.82, 2.24) is 4.57 Å². The lowest BCUT2D eigenvalue weighted by molar-refractivity contribution is -0.122. The molecule has 0 bridgehead atoms. The molecule has 1 N–H and O–H groups in total. The summed E-state index contributed by atoms with van der Waals surface area (Å²) in [7, 11) is 0. The highest BCUT2D eigenvalue weighted by molar-refractivity contribution is 8.00. The maximum atomic E-state index is 14.0. The molecule has 1 aromatic heterocycles. The molecule has 208 valence electrons. The van der Waals surface area contributed by atoms with Crippen molar-refractivity contribution in [1.29, 1.82) is 0 Å². The van der Waals surface area contributed by atoms with Crippen LogP contribution < -0.4 is 15.1 Å². The quantitative estimate of drug-likeness (QED) is 0.307. The predicted octanol–water partition coefficient (Wildman–Crippen LogP) is 5.64. The van der Waals surface area contributed by atoms with Crippen LogP contribution in [0.3, 0.4) is 0 Å². The number of aromatic nitrogens is 1. The van der Waals surface area contributed by atoms with Crippen molar-refractivity contribution >= 4 is 52.2 Å². The van der Waals surface area contributed by atoms with Crippen molar-refractivity contribution in [3.8, 4) is 0 Å². The highest BCUT2D eigenvalue weighted by atomic mass is 32.2. The summed E-state index contributed by atoms with van der Waals surface area (Å²) in [5, 5.41) is 2.69. The second-order valence-corrected chi connectivity index (χ2v) is 13.4. The zero-order chi connectivity index (χ0) is 28.9. The van der Waals surface area contributed by atoms with Crippen LogP contribution in [0.25, 0.3) is 0 Å². The molecule has 6 rings (SSSR count). The first-order valence-electron chi connectivity index (χ1n) is 13.4. The Bertz CT molecular complexity index is 1690. The number of thiazole rings is 1. The van der Waals surface area contributed by atoms with Gasteiger partial charge < -0.3 is 5.32 Å². The van der Waals surface area contributed by atoms with Gasteiger partial charge in [0.1, 0.15) is 11.8 Å². The predicted molar refractivity (Wildman–Crippen MR) is 163 cm³/mol. The number of para-hydroxylation sites is 2. The van der Waals surface area contributed by atoms with Gasteiger partial charge in [-0.3, -0.25) is 23.7 Å². The summed E-state index contributed by atoms with van der Waals surface area (Å²) in [5.74, 6) is -2.09. The fourth-order valence-corrected chi connectivity index (χ4v) is 8.28. The Morgan fingerprint density at radius 3 is 2.12 bits per heavy atom. The van der Waals surface area contributed by atoms with Gasteiger partial charge in [0.05, 0.1) is 16.6 Å². The molecule has 1 saturated heterocycles. The van der Waals surface area contributed by atoms with Crippen LogP contribution in [0.5, 0.6) is 0 Å². The number of benzene rings is 3. The Morgan fingerprint density at radius 1 is 0.854 bits per heavy atom. The SMILES string of the molecule is CC(C)(C)c1ccc([C@H]2c3sc(=O)n(CC(=O)Nc4ccccc4)c3SC3C(=O)N(c4ccccc4)C(=O)C32)cc1. The van der Waals surface area contributed by atoms with Gasteiger partial charge in [0.25, 0.3) is 0 Å². The molecule has 41 heavy (non-hydrogen) atoms. The minimum atomic E-state index is -0.722. The Labute approximate surface area is 246 Å². The maximum Gasteiger partial charge on any atom is 0.308 e. The van der Waals surface area contributed by atoms with E-state index in [1.54, 1.807) is 36.4 Å². The summed E-state index contributed by atoms with van der Waals surface area (Å²) in [6.45, 7) is 6.22. The smallest absolute Gasteiger partial charge is 0.308 e. The third-order valence-electron chi connectivity index (χ3n) is 7.56. The van der Waals surface area contributed by atoms with Gasteiger partial charge in [0.2, 0.25) is 17.7 Å². The Kier molecular flexibility index (Phi) is 6.95. The van der Waals surface area contributed by atoms with E-state index >= 15 is 0 Å². The number of nitrogens with zero attached hydrogens (tertiary/aromatic N) is 2. The number of thioether (sulfide) groups is 1. The van der Waals surface area contributed by atoms with Gasteiger partial charge in [-0.2, -0.15) is 0 Å². The van der Waals surface area contributed by atoms with Gasteiger partial charge in [-0.05, 0) is 40.8 Å². The van der Waals surface area contributed by atoms with E-state index in [1.165, 1.54) is 21.2 Å². The molecular formula is C32H29N3O4S2. The van der Waals surface area contributed by atoms with E-state index in [-0.39, 0.29) is 34.6 Å². The summed E-state index contributed by atoms with van der Waals surface area (Å²) in [6, 6.07) is 26.1. The molecule has 7 nitrogen and oxygen atoms in total. The number of carbonyl (C=O) groups excluding carboxylic acids is 3. The summed E-state index contributed by atoms with van der Waals surface area (Å²) < 4.78 is 1.44. The summed E-state index contributed by atoms with van der Waals surface area (Å²) in [4.78, 5) is 55.8. The number of nitrogens with one attached hydrogen (secondary N) is 1. The number of carbonyl (C=O) groups is 3. The molecule has 4 aromatic rings. The fourth-order valence-electron chi connectivity index (χ4n) is 5.50. The minimum Gasteiger partial charge on any atom is -0.325 e. The normalized spacial score (nSPS) is 20.1. The van der Waals surface area contributed by atoms with Gasteiger partial charge >= 0.3 is 4.87 Å². The highest BCUT2D eigenvalue weighted by Crippen LogP contribution is 2.54. The molecule has 2 unspecified atom stereocenters. The summed E-state index contributed by atoms with van der Waals surface area (Å²) in [5.41, 5.74) is 3.12. The highest BCUT2D eigenvalue weighted by Gasteiger charge is 2.56. The second-order valence-electron chi connectivity index (χ2n) is 11.3. The first kappa shape index (κ1) is 27.2. The number of hydrogen-bond acceptors (Lipinski definition) is 6. The first-order chi connectivity index (χ1) is 19.6. The number of rotatable bonds is 5. The number of hydrogen-bond donors (Lipinski definition) is 1. The van der Waals surface area contributed by atoms with Crippen molar-refractivity contribution in [2.75, 3.05) is 10.2 Å². The van der Waals surface area contributed by atoms with Crippen LogP contribution >= 0.6 is 23.1 Å². The molecule has 3 aromatic carbocycles. The van der Waals surface area contributed by atoms with Crippen LogP contribution in [0.4, 0.5) is 11.4 Å². The van der Waals surface area contributed by atoms with Crippen LogP contribution in [0.15, 0.2) is 94.7 Å². The third-order valence-corrected chi connectivity index (χ3v) is 10.2. The number of fused-ring (bicyclic) bond motifs is 2. The molecule has 0 saturated carbocycles. The minimum absolute atomic E-state index is 0.0574. The van der Waals surface area contributed by atoms with E-state index in [1.807, 2.05) is 36.4 Å². The van der Waals surface area contributed by atoms with Gasteiger partial charge in [0, 0.05) is 16.5 Å². The number of amides is 3. The molecule has 2 aliphatic rings. The second kappa shape index (κ2) is 10.5. The van der Waals surface area contributed by atoms with Crippen LogP contribution in [0, 0.1) is 5.92 Å². The van der Waals surface area contributed by atoms with Gasteiger partial charge in [0.15, 0.2) is 0 Å². The maximum absolute atomic E-state index is 14.0. The standard InChI is InChI=1S/C32H29N3O4S2/c1-32(2,3)20-16-14-19(15-17-20)24-25-26(29(38)35(28(25)37)22-12-8-5-9-13-22)40-30-27(24)41-31(39)34(30)18-23(36)33-21-10-6-4-7-11-21/h4-17,24-26H,18H2,1-3H3,(H,33,36)/t24-,25?,26?/m1/s1. The molecular weight excluding hydrogens is 555 g/mol. The average molecular weight is 584 g/mol. The molecule has 3 atom stereocenters.